The van der Waals surface area contributed by atoms with Crippen LogP contribution in [0.1, 0.15) is 29.5 Å². The molecule has 1 aromatic carbocycles. The topological polar surface area (TPSA) is 48.1 Å². The molecule has 100 valence electrons. The minimum absolute atomic E-state index is 0.133. The number of nitrogens with zero attached hydrogens (tertiary/aromatic N) is 1. The van der Waals surface area contributed by atoms with Gasteiger partial charge in [-0.05, 0) is 37.5 Å². The molecule has 0 saturated carbocycles. The van der Waals surface area contributed by atoms with E-state index in [1.54, 1.807) is 18.4 Å². The first-order valence-corrected chi connectivity index (χ1v) is 7.47. The molecule has 1 aromatic heterocycles. The molecular weight excluding hydrogens is 280 g/mol. The van der Waals surface area contributed by atoms with E-state index >= 15 is 0 Å². The van der Waals surface area contributed by atoms with Gasteiger partial charge in [0, 0.05) is 15.9 Å². The molecule has 2 N–H and O–H groups in total. The number of aryl methyl sites for hydroxylation is 1. The van der Waals surface area contributed by atoms with E-state index in [-0.39, 0.29) is 6.04 Å². The van der Waals surface area contributed by atoms with Gasteiger partial charge in [-0.25, -0.2) is 4.98 Å². The lowest BCUT2D eigenvalue weighted by Gasteiger charge is -2.15. The minimum atomic E-state index is 0.133. The summed E-state index contributed by atoms with van der Waals surface area (Å²) in [6.45, 7) is 0. The molecule has 0 aliphatic heterocycles. The quantitative estimate of drug-likeness (QED) is 0.916. The van der Waals surface area contributed by atoms with Gasteiger partial charge in [-0.1, -0.05) is 11.6 Å². The predicted octanol–water partition coefficient (Wildman–Crippen LogP) is 3.81. The largest absolute Gasteiger partial charge is 0.496 e. The third kappa shape index (κ3) is 2.36. The fourth-order valence-corrected chi connectivity index (χ4v) is 3.75. The molecule has 19 heavy (non-hydrogen) atoms. The summed E-state index contributed by atoms with van der Waals surface area (Å²) in [4.78, 5) is 5.95. The molecule has 5 heteroatoms. The zero-order chi connectivity index (χ0) is 13.4. The second-order valence-corrected chi connectivity index (χ2v) is 6.14. The number of nitrogens with two attached hydrogens (primary N) is 1. The number of aromatic nitrogens is 1. The molecule has 1 unspecified atom stereocenters. The smallest absolute Gasteiger partial charge is 0.130 e. The summed E-state index contributed by atoms with van der Waals surface area (Å²) in [6.07, 6.45) is 3.19. The van der Waals surface area contributed by atoms with Crippen LogP contribution in [-0.2, 0) is 6.42 Å². The molecule has 0 spiro atoms. The van der Waals surface area contributed by atoms with Gasteiger partial charge in [-0.3, -0.25) is 0 Å². The number of thiazole rings is 1. The van der Waals surface area contributed by atoms with E-state index in [0.717, 1.165) is 41.3 Å². The normalized spacial score (nSPS) is 18.2. The molecule has 0 radical (unpaired) electrons. The second-order valence-electron chi connectivity index (χ2n) is 4.67. The maximum Gasteiger partial charge on any atom is 0.130 e. The summed E-state index contributed by atoms with van der Waals surface area (Å²) in [7, 11) is 1.65. The highest BCUT2D eigenvalue weighted by molar-refractivity contribution is 7.15. The molecule has 1 aliphatic carbocycles. The number of rotatable bonds is 2. The van der Waals surface area contributed by atoms with Crippen molar-refractivity contribution in [1.82, 2.24) is 4.98 Å². The van der Waals surface area contributed by atoms with Crippen LogP contribution in [0.15, 0.2) is 18.2 Å². The molecule has 0 saturated heterocycles. The Morgan fingerprint density at radius 2 is 2.32 bits per heavy atom. The number of fused-ring (bicyclic) bond motifs is 1. The van der Waals surface area contributed by atoms with E-state index < -0.39 is 0 Å². The molecule has 0 amide bonds. The van der Waals surface area contributed by atoms with Crippen molar-refractivity contribution in [2.45, 2.75) is 25.3 Å². The Hall–Kier alpha value is -1.10. The first kappa shape index (κ1) is 12.9. The first-order chi connectivity index (χ1) is 9.19. The molecular formula is C14H15ClN2OS. The van der Waals surface area contributed by atoms with Crippen LogP contribution in [0.2, 0.25) is 5.02 Å². The summed E-state index contributed by atoms with van der Waals surface area (Å²) < 4.78 is 5.39. The summed E-state index contributed by atoms with van der Waals surface area (Å²) in [6, 6.07) is 5.77. The highest BCUT2D eigenvalue weighted by atomic mass is 35.5. The molecule has 0 bridgehead atoms. The predicted molar refractivity (Wildman–Crippen MR) is 79.0 cm³/mol. The van der Waals surface area contributed by atoms with Gasteiger partial charge in [0.1, 0.15) is 10.8 Å². The minimum Gasteiger partial charge on any atom is -0.496 e. The van der Waals surface area contributed by atoms with Gasteiger partial charge in [0.25, 0.3) is 0 Å². The number of hydrogen-bond donors (Lipinski definition) is 1. The molecule has 1 aliphatic rings. The van der Waals surface area contributed by atoms with Gasteiger partial charge in [-0.2, -0.15) is 0 Å². The SMILES string of the molecule is COc1cc(Cl)ccc1-c1nc2c(s1)C(N)CCC2. The molecule has 2 aromatic rings. The zero-order valence-electron chi connectivity index (χ0n) is 10.6. The Balaban J connectivity index is 2.08. The van der Waals surface area contributed by atoms with Crippen LogP contribution in [-0.4, -0.2) is 12.1 Å². The summed E-state index contributed by atoms with van der Waals surface area (Å²) in [5, 5.41) is 1.63. The van der Waals surface area contributed by atoms with Crippen molar-refractivity contribution in [1.29, 1.82) is 0 Å². The first-order valence-electron chi connectivity index (χ1n) is 6.28. The van der Waals surface area contributed by atoms with E-state index in [2.05, 4.69) is 0 Å². The lowest BCUT2D eigenvalue weighted by Crippen LogP contribution is -2.15. The van der Waals surface area contributed by atoms with Crippen molar-refractivity contribution in [2.24, 2.45) is 5.73 Å². The third-order valence-electron chi connectivity index (χ3n) is 3.39. The number of benzene rings is 1. The van der Waals surface area contributed by atoms with Gasteiger partial charge >= 0.3 is 0 Å². The molecule has 1 heterocycles. The van der Waals surface area contributed by atoms with Gasteiger partial charge < -0.3 is 10.5 Å². The van der Waals surface area contributed by atoms with E-state index in [9.17, 15) is 0 Å². The van der Waals surface area contributed by atoms with Crippen LogP contribution in [0.3, 0.4) is 0 Å². The number of ether oxygens (including phenoxy) is 1. The average Bonchev–Trinajstić information content (AvgIpc) is 2.83. The molecule has 3 rings (SSSR count). The summed E-state index contributed by atoms with van der Waals surface area (Å²) >= 11 is 7.66. The fraction of sp³-hybridized carbons (Fsp3) is 0.357. The van der Waals surface area contributed by atoms with Gasteiger partial charge in [0.05, 0.1) is 18.4 Å². The Morgan fingerprint density at radius 1 is 1.47 bits per heavy atom. The Kier molecular flexibility index (Phi) is 3.48. The Morgan fingerprint density at radius 3 is 3.05 bits per heavy atom. The molecule has 0 fully saturated rings. The van der Waals surface area contributed by atoms with Crippen LogP contribution in [0.4, 0.5) is 0 Å². The van der Waals surface area contributed by atoms with Crippen LogP contribution < -0.4 is 10.5 Å². The van der Waals surface area contributed by atoms with Crippen LogP contribution in [0.5, 0.6) is 5.75 Å². The second kappa shape index (κ2) is 5.12. The summed E-state index contributed by atoms with van der Waals surface area (Å²) in [5.41, 5.74) is 8.28. The fourth-order valence-electron chi connectivity index (χ4n) is 2.41. The summed E-state index contributed by atoms with van der Waals surface area (Å²) in [5.74, 6) is 0.757. The number of halogens is 1. The van der Waals surface area contributed by atoms with Gasteiger partial charge in [0.15, 0.2) is 0 Å². The maximum absolute atomic E-state index is 6.15. The highest BCUT2D eigenvalue weighted by Gasteiger charge is 2.23. The van der Waals surface area contributed by atoms with Gasteiger partial charge in [0.2, 0.25) is 0 Å². The van der Waals surface area contributed by atoms with Crippen LogP contribution >= 0.6 is 22.9 Å². The Bertz CT molecular complexity index is 611. The van der Waals surface area contributed by atoms with Crippen molar-refractivity contribution in [3.8, 4) is 16.3 Å². The molecule has 3 nitrogen and oxygen atoms in total. The van der Waals surface area contributed by atoms with E-state index in [0.29, 0.717) is 5.02 Å². The van der Waals surface area contributed by atoms with Crippen molar-refractivity contribution >= 4 is 22.9 Å². The number of hydrogen-bond acceptors (Lipinski definition) is 4. The average molecular weight is 295 g/mol. The van der Waals surface area contributed by atoms with Crippen LogP contribution in [0, 0.1) is 0 Å². The third-order valence-corrected chi connectivity index (χ3v) is 4.88. The lowest BCUT2D eigenvalue weighted by atomic mass is 9.99. The maximum atomic E-state index is 6.15. The van der Waals surface area contributed by atoms with Crippen LogP contribution in [0.25, 0.3) is 10.6 Å². The van der Waals surface area contributed by atoms with E-state index in [4.69, 9.17) is 27.1 Å². The lowest BCUT2D eigenvalue weighted by molar-refractivity contribution is 0.416. The highest BCUT2D eigenvalue weighted by Crippen LogP contribution is 2.40. The van der Waals surface area contributed by atoms with E-state index in [1.807, 2.05) is 18.2 Å². The monoisotopic (exact) mass is 294 g/mol. The van der Waals surface area contributed by atoms with Crippen molar-refractivity contribution in [2.75, 3.05) is 7.11 Å². The van der Waals surface area contributed by atoms with Gasteiger partial charge in [-0.15, -0.1) is 11.3 Å². The zero-order valence-corrected chi connectivity index (χ0v) is 12.2. The van der Waals surface area contributed by atoms with Crippen molar-refractivity contribution < 1.29 is 4.74 Å². The van der Waals surface area contributed by atoms with E-state index in [1.165, 1.54) is 4.88 Å². The van der Waals surface area contributed by atoms with Crippen molar-refractivity contribution in [3.05, 3.63) is 33.8 Å². The standard InChI is InChI=1S/C14H15ClN2OS/c1-18-12-7-8(15)5-6-9(12)14-17-11-4-2-3-10(16)13(11)19-14/h5-7,10H,2-4,16H2,1H3. The Labute approximate surface area is 121 Å². The van der Waals surface area contributed by atoms with Crippen molar-refractivity contribution in [3.63, 3.8) is 0 Å². The molecule has 1 atom stereocenters. The number of methoxy groups -OCH3 is 1.